The third-order valence-corrected chi connectivity index (χ3v) is 3.49. The maximum absolute atomic E-state index is 11.1. The molecular formula is C11H15NO2S. The molecular weight excluding hydrogens is 210 g/mol. The van der Waals surface area contributed by atoms with Crippen LogP contribution in [0.5, 0.6) is 0 Å². The van der Waals surface area contributed by atoms with Crippen molar-refractivity contribution in [3.8, 4) is 0 Å². The zero-order valence-electron chi connectivity index (χ0n) is 8.73. The van der Waals surface area contributed by atoms with Gasteiger partial charge in [-0.3, -0.25) is 0 Å². The minimum atomic E-state index is -3.08. The quantitative estimate of drug-likeness (QED) is 0.819. The molecule has 1 aromatic rings. The van der Waals surface area contributed by atoms with Crippen LogP contribution in [0.3, 0.4) is 0 Å². The molecule has 3 nitrogen and oxygen atoms in total. The Morgan fingerprint density at radius 1 is 1.27 bits per heavy atom. The summed E-state index contributed by atoms with van der Waals surface area (Å²) in [6.07, 6.45) is 3.88. The first kappa shape index (κ1) is 10.6. The molecule has 1 unspecified atom stereocenters. The average Bonchev–Trinajstić information content (AvgIpc) is 2.15. The molecule has 0 spiro atoms. The highest BCUT2D eigenvalue weighted by Crippen LogP contribution is 2.21. The molecule has 1 aliphatic carbocycles. The highest BCUT2D eigenvalue weighted by Gasteiger charge is 2.20. The number of nitrogens with one attached hydrogen (secondary N) is 1. The minimum absolute atomic E-state index is 0.0647. The van der Waals surface area contributed by atoms with Crippen molar-refractivity contribution in [2.75, 3.05) is 6.26 Å². The Morgan fingerprint density at radius 3 is 2.60 bits per heavy atom. The van der Waals surface area contributed by atoms with Crippen LogP contribution in [0.15, 0.2) is 24.3 Å². The van der Waals surface area contributed by atoms with E-state index in [1.165, 1.54) is 17.4 Å². The molecule has 2 rings (SSSR count). The second kappa shape index (κ2) is 3.94. The largest absolute Gasteiger partial charge is 0.213 e. The van der Waals surface area contributed by atoms with E-state index < -0.39 is 10.0 Å². The summed E-state index contributed by atoms with van der Waals surface area (Å²) in [4.78, 5) is 0. The van der Waals surface area contributed by atoms with Crippen molar-refractivity contribution < 1.29 is 8.42 Å². The molecule has 0 aromatic heterocycles. The van der Waals surface area contributed by atoms with Gasteiger partial charge in [0.15, 0.2) is 0 Å². The molecule has 0 aliphatic heterocycles. The van der Waals surface area contributed by atoms with E-state index in [4.69, 9.17) is 0 Å². The first-order valence-corrected chi connectivity index (χ1v) is 6.98. The van der Waals surface area contributed by atoms with Crippen molar-refractivity contribution in [3.63, 3.8) is 0 Å². The van der Waals surface area contributed by atoms with Crippen molar-refractivity contribution in [3.05, 3.63) is 35.4 Å². The SMILES string of the molecule is CS(=O)(=O)NC1CCc2ccccc2C1. The van der Waals surface area contributed by atoms with Crippen molar-refractivity contribution >= 4 is 10.0 Å². The Balaban J connectivity index is 2.12. The molecule has 0 fully saturated rings. The van der Waals surface area contributed by atoms with Crippen LogP contribution in [0, 0.1) is 0 Å². The topological polar surface area (TPSA) is 46.2 Å². The zero-order valence-corrected chi connectivity index (χ0v) is 9.55. The van der Waals surface area contributed by atoms with Gasteiger partial charge in [0, 0.05) is 6.04 Å². The van der Waals surface area contributed by atoms with E-state index in [0.29, 0.717) is 0 Å². The monoisotopic (exact) mass is 225 g/mol. The van der Waals surface area contributed by atoms with Crippen LogP contribution in [0.4, 0.5) is 0 Å². The Morgan fingerprint density at radius 2 is 1.93 bits per heavy atom. The number of hydrogen-bond acceptors (Lipinski definition) is 2. The van der Waals surface area contributed by atoms with Crippen molar-refractivity contribution in [1.29, 1.82) is 0 Å². The maximum Gasteiger partial charge on any atom is 0.208 e. The Labute approximate surface area is 90.6 Å². The fourth-order valence-corrected chi connectivity index (χ4v) is 2.91. The number of sulfonamides is 1. The summed E-state index contributed by atoms with van der Waals surface area (Å²) in [7, 11) is -3.08. The Bertz CT molecular complexity index is 453. The molecule has 1 aliphatic rings. The van der Waals surface area contributed by atoms with Crippen LogP contribution in [0.25, 0.3) is 0 Å². The summed E-state index contributed by atoms with van der Waals surface area (Å²) in [5.41, 5.74) is 2.62. The van der Waals surface area contributed by atoms with Crippen LogP contribution in [0.1, 0.15) is 17.5 Å². The van der Waals surface area contributed by atoms with Gasteiger partial charge in [0.05, 0.1) is 6.26 Å². The molecule has 1 N–H and O–H groups in total. The number of hydrogen-bond donors (Lipinski definition) is 1. The van der Waals surface area contributed by atoms with Gasteiger partial charge in [0.25, 0.3) is 0 Å². The van der Waals surface area contributed by atoms with Crippen molar-refractivity contribution in [1.82, 2.24) is 4.72 Å². The molecule has 1 atom stereocenters. The number of aryl methyl sites for hydroxylation is 1. The molecule has 15 heavy (non-hydrogen) atoms. The average molecular weight is 225 g/mol. The van der Waals surface area contributed by atoms with Crippen molar-refractivity contribution in [2.24, 2.45) is 0 Å². The second-order valence-corrected chi connectivity index (χ2v) is 5.88. The van der Waals surface area contributed by atoms with Crippen LogP contribution in [0.2, 0.25) is 0 Å². The number of rotatable bonds is 2. The van der Waals surface area contributed by atoms with Crippen LogP contribution >= 0.6 is 0 Å². The van der Waals surface area contributed by atoms with Crippen molar-refractivity contribution in [2.45, 2.75) is 25.3 Å². The van der Waals surface area contributed by atoms with E-state index in [1.807, 2.05) is 12.1 Å². The summed E-state index contributed by atoms with van der Waals surface area (Å²) in [5, 5.41) is 0. The Hall–Kier alpha value is -0.870. The first-order chi connectivity index (χ1) is 7.04. The van der Waals surface area contributed by atoms with Gasteiger partial charge in [-0.2, -0.15) is 0 Å². The van der Waals surface area contributed by atoms with Gasteiger partial charge in [-0.05, 0) is 30.4 Å². The highest BCUT2D eigenvalue weighted by molar-refractivity contribution is 7.88. The predicted octanol–water partition coefficient (Wildman–Crippen LogP) is 1.09. The predicted molar refractivity (Wildman–Crippen MR) is 60.2 cm³/mol. The van der Waals surface area contributed by atoms with E-state index in [2.05, 4.69) is 16.9 Å². The van der Waals surface area contributed by atoms with Gasteiger partial charge in [-0.25, -0.2) is 13.1 Å². The standard InChI is InChI=1S/C11H15NO2S/c1-15(13,14)12-11-7-6-9-4-2-3-5-10(9)8-11/h2-5,11-12H,6-8H2,1H3. The van der Waals surface area contributed by atoms with E-state index in [1.54, 1.807) is 0 Å². The molecule has 0 amide bonds. The lowest BCUT2D eigenvalue weighted by Gasteiger charge is -2.24. The molecule has 0 bridgehead atoms. The number of fused-ring (bicyclic) bond motifs is 1. The van der Waals surface area contributed by atoms with E-state index in [9.17, 15) is 8.42 Å². The smallest absolute Gasteiger partial charge is 0.208 e. The third kappa shape index (κ3) is 2.79. The third-order valence-electron chi connectivity index (χ3n) is 2.73. The fourth-order valence-electron chi connectivity index (χ4n) is 2.10. The van der Waals surface area contributed by atoms with Gasteiger partial charge in [-0.15, -0.1) is 0 Å². The van der Waals surface area contributed by atoms with Crippen LogP contribution in [-0.4, -0.2) is 20.7 Å². The van der Waals surface area contributed by atoms with E-state index in [0.717, 1.165) is 19.3 Å². The van der Waals surface area contributed by atoms with Crippen LogP contribution in [-0.2, 0) is 22.9 Å². The minimum Gasteiger partial charge on any atom is -0.213 e. The summed E-state index contributed by atoms with van der Waals surface area (Å²) >= 11 is 0. The lowest BCUT2D eigenvalue weighted by atomic mass is 9.89. The lowest BCUT2D eigenvalue weighted by Crippen LogP contribution is -2.38. The molecule has 0 radical (unpaired) electrons. The van der Waals surface area contributed by atoms with Gasteiger partial charge < -0.3 is 0 Å². The van der Waals surface area contributed by atoms with Gasteiger partial charge >= 0.3 is 0 Å². The van der Waals surface area contributed by atoms with E-state index in [-0.39, 0.29) is 6.04 Å². The molecule has 0 saturated heterocycles. The zero-order chi connectivity index (χ0) is 10.9. The molecule has 0 saturated carbocycles. The summed E-state index contributed by atoms with van der Waals surface area (Å²) in [5.74, 6) is 0. The molecule has 82 valence electrons. The Kier molecular flexibility index (Phi) is 2.80. The van der Waals surface area contributed by atoms with Gasteiger partial charge in [-0.1, -0.05) is 24.3 Å². The molecule has 0 heterocycles. The highest BCUT2D eigenvalue weighted by atomic mass is 32.2. The number of benzene rings is 1. The lowest BCUT2D eigenvalue weighted by molar-refractivity contribution is 0.511. The fraction of sp³-hybridized carbons (Fsp3) is 0.455. The summed E-state index contributed by atoms with van der Waals surface area (Å²) in [6.45, 7) is 0. The maximum atomic E-state index is 11.1. The summed E-state index contributed by atoms with van der Waals surface area (Å²) in [6, 6.07) is 8.29. The van der Waals surface area contributed by atoms with Gasteiger partial charge in [0.1, 0.15) is 0 Å². The van der Waals surface area contributed by atoms with Gasteiger partial charge in [0.2, 0.25) is 10.0 Å². The molecule has 4 heteroatoms. The summed E-state index contributed by atoms with van der Waals surface area (Å²) < 4.78 is 24.9. The van der Waals surface area contributed by atoms with E-state index >= 15 is 0 Å². The second-order valence-electron chi connectivity index (χ2n) is 4.10. The molecule has 1 aromatic carbocycles. The van der Waals surface area contributed by atoms with Crippen LogP contribution < -0.4 is 4.72 Å². The normalized spacial score (nSPS) is 21.0. The first-order valence-electron chi connectivity index (χ1n) is 5.09.